The molecule has 0 aromatic heterocycles. The monoisotopic (exact) mass is 530 g/mol. The molecule has 0 aliphatic carbocycles. The van der Waals surface area contributed by atoms with Crippen LogP contribution in [0.1, 0.15) is 41.9 Å². The van der Waals surface area contributed by atoms with Crippen LogP contribution in [0.2, 0.25) is 0 Å². The third-order valence-electron chi connectivity index (χ3n) is 5.66. The maximum atomic E-state index is 14.5. The second kappa shape index (κ2) is 10.7. The van der Waals surface area contributed by atoms with E-state index in [1.54, 1.807) is 50.3 Å². The SMILES string of the molecule is CCOP(=O)(OCC)C1c2cc(F)ccc2C=C(c2ccccc2)N1NS(=O)(=O)c1ccc(C)cc1. The lowest BCUT2D eigenvalue weighted by Gasteiger charge is -2.41. The molecule has 0 bridgehead atoms. The van der Waals surface area contributed by atoms with Gasteiger partial charge >= 0.3 is 7.60 Å². The minimum absolute atomic E-state index is 0.0203. The number of rotatable bonds is 9. The second-order valence-electron chi connectivity index (χ2n) is 8.20. The summed E-state index contributed by atoms with van der Waals surface area (Å²) in [4.78, 5) is 2.62. The van der Waals surface area contributed by atoms with Crippen LogP contribution in [0.3, 0.4) is 0 Å². The van der Waals surface area contributed by atoms with Crippen molar-refractivity contribution in [1.82, 2.24) is 9.84 Å². The number of fused-ring (bicyclic) bond motifs is 1. The minimum Gasteiger partial charge on any atom is -0.307 e. The predicted molar refractivity (Wildman–Crippen MR) is 138 cm³/mol. The van der Waals surface area contributed by atoms with Gasteiger partial charge in [-0.25, -0.2) is 12.8 Å². The molecule has 1 heterocycles. The molecule has 4 rings (SSSR count). The molecule has 3 aromatic rings. The number of benzene rings is 3. The molecule has 0 radical (unpaired) electrons. The van der Waals surface area contributed by atoms with Gasteiger partial charge in [0.1, 0.15) is 5.82 Å². The Kier molecular flexibility index (Phi) is 7.78. The van der Waals surface area contributed by atoms with Crippen molar-refractivity contribution in [2.24, 2.45) is 0 Å². The number of sulfonamides is 1. The first-order valence-corrected chi connectivity index (χ1v) is 14.6. The Balaban J connectivity index is 1.96. The van der Waals surface area contributed by atoms with E-state index >= 15 is 0 Å². The molecule has 0 spiro atoms. The highest BCUT2D eigenvalue weighted by Gasteiger charge is 2.47. The number of nitrogens with zero attached hydrogens (tertiary/aromatic N) is 1. The molecular formula is C26H28FN2O5PS. The van der Waals surface area contributed by atoms with Crippen LogP contribution >= 0.6 is 7.60 Å². The van der Waals surface area contributed by atoms with E-state index in [2.05, 4.69) is 4.83 Å². The van der Waals surface area contributed by atoms with E-state index in [4.69, 9.17) is 9.05 Å². The Morgan fingerprint density at radius 2 is 1.61 bits per heavy atom. The number of halogens is 1. The molecule has 36 heavy (non-hydrogen) atoms. The van der Waals surface area contributed by atoms with Crippen molar-refractivity contribution in [1.29, 1.82) is 0 Å². The van der Waals surface area contributed by atoms with Gasteiger partial charge in [-0.2, -0.15) is 0 Å². The molecule has 1 atom stereocenters. The number of hydrogen-bond acceptors (Lipinski definition) is 6. The molecular weight excluding hydrogens is 502 g/mol. The van der Waals surface area contributed by atoms with E-state index in [1.807, 2.05) is 25.1 Å². The van der Waals surface area contributed by atoms with Gasteiger partial charge in [-0.1, -0.05) is 54.1 Å². The Morgan fingerprint density at radius 1 is 0.972 bits per heavy atom. The van der Waals surface area contributed by atoms with Crippen molar-refractivity contribution in [3.8, 4) is 0 Å². The van der Waals surface area contributed by atoms with Crippen molar-refractivity contribution in [2.75, 3.05) is 13.2 Å². The summed E-state index contributed by atoms with van der Waals surface area (Å²) in [5.74, 6) is -1.85. The van der Waals surface area contributed by atoms with Crippen molar-refractivity contribution in [3.63, 3.8) is 0 Å². The lowest BCUT2D eigenvalue weighted by Crippen LogP contribution is -2.45. The second-order valence-corrected chi connectivity index (χ2v) is 11.9. The summed E-state index contributed by atoms with van der Waals surface area (Å²) in [6.07, 6.45) is 1.72. The summed E-state index contributed by atoms with van der Waals surface area (Å²) in [5, 5.41) is 1.26. The molecule has 0 fully saturated rings. The summed E-state index contributed by atoms with van der Waals surface area (Å²) in [6.45, 7) is 5.26. The predicted octanol–water partition coefficient (Wildman–Crippen LogP) is 6.11. The summed E-state index contributed by atoms with van der Waals surface area (Å²) >= 11 is 0. The molecule has 1 unspecified atom stereocenters. The highest BCUT2D eigenvalue weighted by atomic mass is 32.2. The van der Waals surface area contributed by atoms with Crippen molar-refractivity contribution in [2.45, 2.75) is 31.4 Å². The zero-order chi connectivity index (χ0) is 25.9. The molecule has 0 amide bonds. The van der Waals surface area contributed by atoms with Gasteiger partial charge in [0.25, 0.3) is 10.0 Å². The van der Waals surface area contributed by atoms with E-state index in [-0.39, 0.29) is 23.7 Å². The van der Waals surface area contributed by atoms with E-state index in [0.29, 0.717) is 16.8 Å². The highest BCUT2D eigenvalue weighted by Crippen LogP contribution is 2.65. The van der Waals surface area contributed by atoms with Gasteiger partial charge in [-0.05, 0) is 67.8 Å². The minimum atomic E-state index is -4.14. The molecule has 7 nitrogen and oxygen atoms in total. The highest BCUT2D eigenvalue weighted by molar-refractivity contribution is 7.89. The van der Waals surface area contributed by atoms with Gasteiger partial charge < -0.3 is 9.05 Å². The number of aryl methyl sites for hydroxylation is 1. The van der Waals surface area contributed by atoms with Gasteiger partial charge in [0.15, 0.2) is 5.78 Å². The molecule has 0 saturated carbocycles. The van der Waals surface area contributed by atoms with Gasteiger partial charge in [-0.15, -0.1) is 4.83 Å². The van der Waals surface area contributed by atoms with Gasteiger partial charge in [0.05, 0.1) is 23.8 Å². The van der Waals surface area contributed by atoms with E-state index in [0.717, 1.165) is 5.56 Å². The fourth-order valence-electron chi connectivity index (χ4n) is 4.07. The van der Waals surface area contributed by atoms with Crippen LogP contribution in [0.25, 0.3) is 11.8 Å². The molecule has 10 heteroatoms. The molecule has 3 aromatic carbocycles. The van der Waals surface area contributed by atoms with E-state index in [9.17, 15) is 17.4 Å². The average Bonchev–Trinajstić information content (AvgIpc) is 2.84. The van der Waals surface area contributed by atoms with Gasteiger partial charge in [0.2, 0.25) is 0 Å². The van der Waals surface area contributed by atoms with Gasteiger partial charge in [0, 0.05) is 0 Å². The molecule has 1 aliphatic rings. The number of nitrogens with one attached hydrogen (secondary N) is 1. The van der Waals surface area contributed by atoms with Crippen LogP contribution in [0, 0.1) is 12.7 Å². The first-order valence-electron chi connectivity index (χ1n) is 11.5. The molecule has 1 aliphatic heterocycles. The number of hydrazine groups is 1. The Hall–Kier alpha value is -2.81. The standard InChI is InChI=1S/C26H28FN2O5PS/c1-4-33-35(30,34-5-2)26-24-18-22(27)14-13-21(24)17-25(20-9-7-6-8-10-20)29(26)28-36(31,32)23-15-11-19(3)12-16-23/h6-18,26,28H,4-5H2,1-3H3. The zero-order valence-electron chi connectivity index (χ0n) is 20.2. The summed E-state index contributed by atoms with van der Waals surface area (Å²) < 4.78 is 67.1. The Bertz CT molecular complexity index is 1400. The Morgan fingerprint density at radius 3 is 2.22 bits per heavy atom. The van der Waals surface area contributed by atoms with Crippen LogP contribution < -0.4 is 4.83 Å². The largest absolute Gasteiger partial charge is 0.359 e. The smallest absolute Gasteiger partial charge is 0.307 e. The summed E-state index contributed by atoms with van der Waals surface area (Å²) in [7, 11) is -8.20. The van der Waals surface area contributed by atoms with Crippen LogP contribution in [-0.2, 0) is 23.6 Å². The van der Waals surface area contributed by atoms with Crippen molar-refractivity contribution < 1.29 is 26.4 Å². The summed E-state index contributed by atoms with van der Waals surface area (Å²) in [6, 6.07) is 19.5. The molecule has 190 valence electrons. The number of hydrogen-bond donors (Lipinski definition) is 1. The third-order valence-corrected chi connectivity index (χ3v) is 9.33. The molecule has 1 N–H and O–H groups in total. The van der Waals surface area contributed by atoms with Crippen molar-refractivity contribution >= 4 is 29.4 Å². The summed E-state index contributed by atoms with van der Waals surface area (Å²) in [5.41, 5.74) is 2.83. The van der Waals surface area contributed by atoms with Gasteiger partial charge in [-0.3, -0.25) is 9.57 Å². The van der Waals surface area contributed by atoms with E-state index < -0.39 is 29.2 Å². The van der Waals surface area contributed by atoms with E-state index in [1.165, 1.54) is 29.3 Å². The fraction of sp³-hybridized carbons (Fsp3) is 0.231. The normalized spacial score (nSPS) is 15.9. The Labute approximate surface area is 211 Å². The van der Waals surface area contributed by atoms with Crippen LogP contribution in [0.5, 0.6) is 0 Å². The third kappa shape index (κ3) is 5.31. The first kappa shape index (κ1) is 26.3. The lowest BCUT2D eigenvalue weighted by atomic mass is 9.99. The maximum absolute atomic E-state index is 14.5. The quantitative estimate of drug-likeness (QED) is 0.336. The van der Waals surface area contributed by atoms with Crippen LogP contribution in [-0.4, -0.2) is 26.6 Å². The maximum Gasteiger partial charge on any atom is 0.359 e. The average molecular weight is 531 g/mol. The zero-order valence-corrected chi connectivity index (χ0v) is 21.9. The topological polar surface area (TPSA) is 84.9 Å². The molecule has 0 saturated heterocycles. The first-order chi connectivity index (χ1) is 17.2. The lowest BCUT2D eigenvalue weighted by molar-refractivity contribution is 0.181. The van der Waals surface area contributed by atoms with Crippen molar-refractivity contribution in [3.05, 3.63) is 101 Å². The van der Waals surface area contributed by atoms with Crippen LogP contribution in [0.15, 0.2) is 77.7 Å². The fourth-order valence-corrected chi connectivity index (χ4v) is 7.32. The van der Waals surface area contributed by atoms with Crippen LogP contribution in [0.4, 0.5) is 4.39 Å².